The molecule has 0 saturated carbocycles. The Kier molecular flexibility index (Phi) is 2.56. The van der Waals surface area contributed by atoms with E-state index in [4.69, 9.17) is 11.2 Å². The highest BCUT2D eigenvalue weighted by Gasteiger charge is 2.10. The quantitative estimate of drug-likeness (QED) is 0.647. The van der Waals surface area contributed by atoms with Crippen LogP contribution in [-0.2, 0) is 0 Å². The van der Waals surface area contributed by atoms with Crippen LogP contribution in [0.3, 0.4) is 0 Å². The third-order valence-electron chi connectivity index (χ3n) is 2.28. The van der Waals surface area contributed by atoms with Crippen molar-refractivity contribution < 1.29 is 4.74 Å². The number of benzene rings is 1. The number of fused-ring (bicyclic) bond motifs is 1. The van der Waals surface area contributed by atoms with Gasteiger partial charge in [-0.3, -0.25) is 0 Å². The fourth-order valence-electron chi connectivity index (χ4n) is 1.57. The van der Waals surface area contributed by atoms with Crippen molar-refractivity contribution in [2.24, 2.45) is 0 Å². The van der Waals surface area contributed by atoms with E-state index in [9.17, 15) is 0 Å². The second-order valence-corrected chi connectivity index (χ2v) is 5.30. The van der Waals surface area contributed by atoms with Crippen LogP contribution in [0, 0.1) is 12.5 Å². The Morgan fingerprint density at radius 2 is 2.18 bits per heavy atom. The highest BCUT2D eigenvalue weighted by Crippen LogP contribution is 2.36. The predicted octanol–water partition coefficient (Wildman–Crippen LogP) is 3.99. The summed E-state index contributed by atoms with van der Waals surface area (Å²) in [4.78, 5) is 5.75. The topological polar surface area (TPSA) is 22.1 Å². The molecule has 0 N–H and O–H groups in total. The maximum atomic E-state index is 5.16. The van der Waals surface area contributed by atoms with E-state index in [0.29, 0.717) is 5.75 Å². The van der Waals surface area contributed by atoms with Crippen LogP contribution in [0.1, 0.15) is 0 Å². The van der Waals surface area contributed by atoms with Gasteiger partial charge in [-0.05, 0) is 23.6 Å². The molecular weight excluding hydrogens is 250 g/mol. The average molecular weight is 257 g/mol. The molecule has 17 heavy (non-hydrogen) atoms. The number of thiophene rings is 1. The minimum Gasteiger partial charge on any atom is -0.405 e. The Hall–Kier alpha value is -1.83. The summed E-state index contributed by atoms with van der Waals surface area (Å²) >= 11 is 3.32. The molecule has 2 aromatic heterocycles. The SMILES string of the molecule is C#COc1cccc2sc(-c3cccs3)nc12. The highest BCUT2D eigenvalue weighted by molar-refractivity contribution is 7.25. The molecule has 0 fully saturated rings. The first kappa shape index (κ1) is 10.3. The molecule has 82 valence electrons. The second kappa shape index (κ2) is 4.21. The van der Waals surface area contributed by atoms with Crippen molar-refractivity contribution in [1.82, 2.24) is 4.98 Å². The number of para-hydroxylation sites is 1. The minimum atomic E-state index is 0.643. The monoisotopic (exact) mass is 257 g/mol. The summed E-state index contributed by atoms with van der Waals surface area (Å²) in [6.07, 6.45) is 7.35. The van der Waals surface area contributed by atoms with E-state index in [1.807, 2.05) is 29.6 Å². The maximum Gasteiger partial charge on any atom is 0.167 e. The molecule has 0 saturated heterocycles. The zero-order chi connectivity index (χ0) is 11.7. The van der Waals surface area contributed by atoms with Crippen LogP contribution >= 0.6 is 22.7 Å². The molecule has 2 heterocycles. The minimum absolute atomic E-state index is 0.643. The molecule has 0 radical (unpaired) electrons. The van der Waals surface area contributed by atoms with E-state index in [1.165, 1.54) is 0 Å². The number of hydrogen-bond donors (Lipinski definition) is 0. The highest BCUT2D eigenvalue weighted by atomic mass is 32.1. The van der Waals surface area contributed by atoms with E-state index < -0.39 is 0 Å². The summed E-state index contributed by atoms with van der Waals surface area (Å²) in [7, 11) is 0. The van der Waals surface area contributed by atoms with Gasteiger partial charge in [-0.15, -0.1) is 22.7 Å². The van der Waals surface area contributed by atoms with Crippen molar-refractivity contribution in [3.8, 4) is 28.2 Å². The first-order valence-corrected chi connectivity index (χ1v) is 6.64. The number of ether oxygens (including phenoxy) is 1. The third-order valence-corrected chi connectivity index (χ3v) is 4.34. The van der Waals surface area contributed by atoms with Crippen LogP contribution in [0.4, 0.5) is 0 Å². The van der Waals surface area contributed by atoms with Gasteiger partial charge in [0.2, 0.25) is 0 Å². The van der Waals surface area contributed by atoms with E-state index in [0.717, 1.165) is 20.1 Å². The lowest BCUT2D eigenvalue weighted by molar-refractivity contribution is 0.526. The summed E-state index contributed by atoms with van der Waals surface area (Å²) in [5.41, 5.74) is 0.832. The molecule has 0 aliphatic heterocycles. The fraction of sp³-hybridized carbons (Fsp3) is 0. The van der Waals surface area contributed by atoms with E-state index in [-0.39, 0.29) is 0 Å². The predicted molar refractivity (Wildman–Crippen MR) is 72.4 cm³/mol. The molecule has 0 unspecified atom stereocenters. The van der Waals surface area contributed by atoms with Gasteiger partial charge >= 0.3 is 0 Å². The zero-order valence-corrected chi connectivity index (χ0v) is 10.3. The van der Waals surface area contributed by atoms with Crippen molar-refractivity contribution in [2.75, 3.05) is 0 Å². The molecular formula is C13H7NOS2. The van der Waals surface area contributed by atoms with E-state index >= 15 is 0 Å². The number of hydrogen-bond acceptors (Lipinski definition) is 4. The Morgan fingerprint density at radius 3 is 2.94 bits per heavy atom. The Balaban J connectivity index is 2.19. The van der Waals surface area contributed by atoms with Crippen LogP contribution in [0.2, 0.25) is 0 Å². The summed E-state index contributed by atoms with van der Waals surface area (Å²) in [5.74, 6) is 0.643. The molecule has 1 aromatic carbocycles. The number of aromatic nitrogens is 1. The van der Waals surface area contributed by atoms with Gasteiger partial charge in [-0.1, -0.05) is 18.6 Å². The standard InChI is InChI=1S/C13H7NOS2/c1-2-15-9-5-3-6-10-12(9)14-13(17-10)11-7-4-8-16-11/h1,3-8H. The molecule has 0 bridgehead atoms. The number of thiazole rings is 1. The van der Waals surface area contributed by atoms with Crippen LogP contribution in [-0.4, -0.2) is 4.98 Å². The lowest BCUT2D eigenvalue weighted by Gasteiger charge is -1.96. The van der Waals surface area contributed by atoms with E-state index in [2.05, 4.69) is 17.2 Å². The van der Waals surface area contributed by atoms with Crippen molar-refractivity contribution in [2.45, 2.75) is 0 Å². The zero-order valence-electron chi connectivity index (χ0n) is 8.71. The van der Waals surface area contributed by atoms with Crippen molar-refractivity contribution >= 4 is 32.9 Å². The molecule has 3 aromatic rings. The lowest BCUT2D eigenvalue weighted by Crippen LogP contribution is -1.82. The van der Waals surface area contributed by atoms with Gasteiger partial charge in [0.1, 0.15) is 16.6 Å². The molecule has 0 amide bonds. The number of terminal acetylenes is 1. The van der Waals surface area contributed by atoms with Crippen LogP contribution < -0.4 is 4.74 Å². The fourth-order valence-corrected chi connectivity index (χ4v) is 3.35. The van der Waals surface area contributed by atoms with Gasteiger partial charge in [0.15, 0.2) is 5.75 Å². The Bertz CT molecular complexity index is 692. The summed E-state index contributed by atoms with van der Waals surface area (Å²) in [5, 5.41) is 3.04. The van der Waals surface area contributed by atoms with Gasteiger partial charge in [0, 0.05) is 0 Å². The molecule has 0 spiro atoms. The lowest BCUT2D eigenvalue weighted by atomic mass is 10.3. The van der Waals surface area contributed by atoms with Crippen LogP contribution in [0.5, 0.6) is 5.75 Å². The van der Waals surface area contributed by atoms with Crippen LogP contribution in [0.25, 0.3) is 20.1 Å². The van der Waals surface area contributed by atoms with Gasteiger partial charge in [0.25, 0.3) is 0 Å². The molecule has 0 aliphatic carbocycles. The first-order chi connectivity index (χ1) is 8.38. The summed E-state index contributed by atoms with van der Waals surface area (Å²) < 4.78 is 6.21. The normalized spacial score (nSPS) is 10.3. The van der Waals surface area contributed by atoms with E-state index in [1.54, 1.807) is 22.7 Å². The number of rotatable bonds is 2. The molecule has 4 heteroatoms. The second-order valence-electron chi connectivity index (χ2n) is 3.32. The summed E-state index contributed by atoms with van der Waals surface area (Å²) in [6.45, 7) is 0. The van der Waals surface area contributed by atoms with Crippen LogP contribution in [0.15, 0.2) is 35.7 Å². The third kappa shape index (κ3) is 1.80. The Morgan fingerprint density at radius 1 is 1.24 bits per heavy atom. The van der Waals surface area contributed by atoms with Crippen molar-refractivity contribution in [3.05, 3.63) is 35.7 Å². The van der Waals surface area contributed by atoms with Gasteiger partial charge in [-0.25, -0.2) is 4.98 Å². The van der Waals surface area contributed by atoms with Crippen molar-refractivity contribution in [1.29, 1.82) is 0 Å². The molecule has 2 nitrogen and oxygen atoms in total. The molecule has 0 atom stereocenters. The summed E-state index contributed by atoms with van der Waals surface area (Å²) in [6, 6.07) is 9.86. The molecule has 0 aliphatic rings. The largest absolute Gasteiger partial charge is 0.405 e. The maximum absolute atomic E-state index is 5.16. The number of nitrogens with zero attached hydrogens (tertiary/aromatic N) is 1. The van der Waals surface area contributed by atoms with Gasteiger partial charge in [-0.2, -0.15) is 0 Å². The molecule has 3 rings (SSSR count). The van der Waals surface area contributed by atoms with Crippen molar-refractivity contribution in [3.63, 3.8) is 0 Å². The Labute approximate surface area is 107 Å². The van der Waals surface area contributed by atoms with Gasteiger partial charge in [0.05, 0.1) is 9.58 Å². The van der Waals surface area contributed by atoms with Gasteiger partial charge < -0.3 is 4.74 Å². The smallest absolute Gasteiger partial charge is 0.167 e. The average Bonchev–Trinajstić information content (AvgIpc) is 2.98. The first-order valence-electron chi connectivity index (χ1n) is 4.94.